The van der Waals surface area contributed by atoms with Crippen molar-refractivity contribution in [3.63, 3.8) is 0 Å². The number of hydrogen-bond acceptors (Lipinski definition) is 3. The van der Waals surface area contributed by atoms with Gasteiger partial charge in [0.2, 0.25) is 5.91 Å². The lowest BCUT2D eigenvalue weighted by Gasteiger charge is -2.07. The number of thioether (sulfide) groups is 1. The Bertz CT molecular complexity index is 366. The van der Waals surface area contributed by atoms with E-state index in [-0.39, 0.29) is 5.91 Å². The van der Waals surface area contributed by atoms with Gasteiger partial charge in [0, 0.05) is 11.4 Å². The highest BCUT2D eigenvalue weighted by molar-refractivity contribution is 8.00. The zero-order chi connectivity index (χ0) is 12.7. The van der Waals surface area contributed by atoms with Gasteiger partial charge in [-0.15, -0.1) is 11.8 Å². The van der Waals surface area contributed by atoms with Crippen LogP contribution in [0.4, 0.5) is 0 Å². The molecule has 1 aromatic rings. The first-order valence-electron chi connectivity index (χ1n) is 5.65. The number of hydrogen-bond donors (Lipinski definition) is 1. The summed E-state index contributed by atoms with van der Waals surface area (Å²) in [6, 6.07) is 7.72. The number of methoxy groups -OCH3 is 1. The molecule has 0 atom stereocenters. The predicted molar refractivity (Wildman–Crippen MR) is 71.6 cm³/mol. The van der Waals surface area contributed by atoms with Crippen LogP contribution < -0.4 is 10.1 Å². The zero-order valence-corrected chi connectivity index (χ0v) is 11.3. The summed E-state index contributed by atoms with van der Waals surface area (Å²) in [4.78, 5) is 12.6. The molecule has 1 N–H and O–H groups in total. The minimum absolute atomic E-state index is 0.0755. The van der Waals surface area contributed by atoms with Crippen LogP contribution in [-0.4, -0.2) is 25.3 Å². The first-order chi connectivity index (χ1) is 8.11. The van der Waals surface area contributed by atoms with E-state index in [0.29, 0.717) is 11.7 Å². The second-order valence-electron chi connectivity index (χ2n) is 4.17. The van der Waals surface area contributed by atoms with Gasteiger partial charge in [-0.05, 0) is 24.1 Å². The fraction of sp³-hybridized carbons (Fsp3) is 0.462. The van der Waals surface area contributed by atoms with Crippen LogP contribution in [0.2, 0.25) is 0 Å². The topological polar surface area (TPSA) is 38.3 Å². The minimum atomic E-state index is 0.0755. The molecule has 0 aromatic heterocycles. The minimum Gasteiger partial charge on any atom is -0.497 e. The monoisotopic (exact) mass is 253 g/mol. The molecular formula is C13H19NO2S. The molecule has 0 spiro atoms. The summed E-state index contributed by atoms with van der Waals surface area (Å²) in [5.74, 6) is 1.82. The van der Waals surface area contributed by atoms with Crippen molar-refractivity contribution in [3.05, 3.63) is 24.3 Å². The lowest BCUT2D eigenvalue weighted by Crippen LogP contribution is -2.28. The smallest absolute Gasteiger partial charge is 0.230 e. The van der Waals surface area contributed by atoms with Gasteiger partial charge >= 0.3 is 0 Å². The van der Waals surface area contributed by atoms with Gasteiger partial charge in [0.1, 0.15) is 5.75 Å². The molecule has 0 aliphatic rings. The van der Waals surface area contributed by atoms with Gasteiger partial charge in [0.15, 0.2) is 0 Å². The molecule has 0 saturated carbocycles. The molecule has 3 nitrogen and oxygen atoms in total. The summed E-state index contributed by atoms with van der Waals surface area (Å²) in [6.07, 6.45) is 0. The molecule has 0 fully saturated rings. The maximum absolute atomic E-state index is 11.5. The van der Waals surface area contributed by atoms with Gasteiger partial charge in [0.25, 0.3) is 0 Å². The third-order valence-electron chi connectivity index (χ3n) is 2.12. The lowest BCUT2D eigenvalue weighted by molar-refractivity contribution is -0.118. The molecule has 1 amide bonds. The molecule has 0 saturated heterocycles. The average molecular weight is 253 g/mol. The first kappa shape index (κ1) is 13.9. The van der Waals surface area contributed by atoms with E-state index >= 15 is 0 Å². The number of amides is 1. The Morgan fingerprint density at radius 3 is 2.88 bits per heavy atom. The summed E-state index contributed by atoms with van der Waals surface area (Å²) < 4.78 is 5.13. The number of carbonyl (C=O) groups is 1. The number of benzene rings is 1. The normalized spacial score (nSPS) is 10.4. The molecule has 0 radical (unpaired) electrons. The Morgan fingerprint density at radius 2 is 2.24 bits per heavy atom. The summed E-state index contributed by atoms with van der Waals surface area (Å²) in [5, 5.41) is 2.89. The Morgan fingerprint density at radius 1 is 1.47 bits per heavy atom. The fourth-order valence-corrected chi connectivity index (χ4v) is 1.98. The molecule has 17 heavy (non-hydrogen) atoms. The van der Waals surface area contributed by atoms with Gasteiger partial charge in [-0.25, -0.2) is 0 Å². The van der Waals surface area contributed by atoms with Crippen molar-refractivity contribution >= 4 is 17.7 Å². The Hall–Kier alpha value is -1.16. The summed E-state index contributed by atoms with van der Waals surface area (Å²) in [7, 11) is 1.64. The summed E-state index contributed by atoms with van der Waals surface area (Å²) in [5.41, 5.74) is 0. The standard InChI is InChI=1S/C13H19NO2S/c1-10(2)8-14-13(15)9-17-12-6-4-5-11(7-12)16-3/h4-7,10H,8-9H2,1-3H3,(H,14,15). The number of ether oxygens (including phenoxy) is 1. The SMILES string of the molecule is COc1cccc(SCC(=O)NCC(C)C)c1. The van der Waals surface area contributed by atoms with E-state index in [1.54, 1.807) is 7.11 Å². The summed E-state index contributed by atoms with van der Waals surface area (Å²) >= 11 is 1.52. The quantitative estimate of drug-likeness (QED) is 0.792. The van der Waals surface area contributed by atoms with E-state index in [2.05, 4.69) is 19.2 Å². The molecule has 0 heterocycles. The van der Waals surface area contributed by atoms with E-state index in [4.69, 9.17) is 4.74 Å². The second-order valence-corrected chi connectivity index (χ2v) is 5.21. The highest BCUT2D eigenvalue weighted by atomic mass is 32.2. The van der Waals surface area contributed by atoms with Crippen LogP contribution in [0.25, 0.3) is 0 Å². The van der Waals surface area contributed by atoms with E-state index in [9.17, 15) is 4.79 Å². The van der Waals surface area contributed by atoms with Crippen molar-refractivity contribution in [1.29, 1.82) is 0 Å². The van der Waals surface area contributed by atoms with Gasteiger partial charge in [-0.2, -0.15) is 0 Å². The van der Waals surface area contributed by atoms with Crippen molar-refractivity contribution in [2.45, 2.75) is 18.7 Å². The van der Waals surface area contributed by atoms with Crippen molar-refractivity contribution in [2.24, 2.45) is 5.92 Å². The molecule has 0 aliphatic carbocycles. The highest BCUT2D eigenvalue weighted by Crippen LogP contribution is 2.22. The maximum atomic E-state index is 11.5. The first-order valence-corrected chi connectivity index (χ1v) is 6.64. The summed E-state index contributed by atoms with van der Waals surface area (Å²) in [6.45, 7) is 4.89. The van der Waals surface area contributed by atoms with Crippen LogP contribution in [-0.2, 0) is 4.79 Å². The van der Waals surface area contributed by atoms with Gasteiger partial charge < -0.3 is 10.1 Å². The largest absolute Gasteiger partial charge is 0.497 e. The van der Waals surface area contributed by atoms with Crippen LogP contribution in [0.3, 0.4) is 0 Å². The third kappa shape index (κ3) is 5.63. The molecule has 0 unspecified atom stereocenters. The molecule has 1 aromatic carbocycles. The average Bonchev–Trinajstić information content (AvgIpc) is 2.34. The van der Waals surface area contributed by atoms with Crippen LogP contribution in [0.1, 0.15) is 13.8 Å². The van der Waals surface area contributed by atoms with Crippen LogP contribution in [0.5, 0.6) is 5.75 Å². The number of carbonyl (C=O) groups excluding carboxylic acids is 1. The Kier molecular flexibility index (Phi) is 5.91. The van der Waals surface area contributed by atoms with Crippen molar-refractivity contribution in [2.75, 3.05) is 19.4 Å². The molecule has 0 aliphatic heterocycles. The van der Waals surface area contributed by atoms with E-state index < -0.39 is 0 Å². The van der Waals surface area contributed by atoms with Gasteiger partial charge in [0.05, 0.1) is 12.9 Å². The van der Waals surface area contributed by atoms with Gasteiger partial charge in [-0.3, -0.25) is 4.79 Å². The van der Waals surface area contributed by atoms with Crippen molar-refractivity contribution in [3.8, 4) is 5.75 Å². The predicted octanol–water partition coefficient (Wildman–Crippen LogP) is 2.56. The van der Waals surface area contributed by atoms with Crippen LogP contribution in [0, 0.1) is 5.92 Å². The lowest BCUT2D eigenvalue weighted by atomic mass is 10.2. The Balaban J connectivity index is 2.36. The molecule has 1 rings (SSSR count). The second kappa shape index (κ2) is 7.22. The number of rotatable bonds is 6. The maximum Gasteiger partial charge on any atom is 0.230 e. The highest BCUT2D eigenvalue weighted by Gasteiger charge is 2.04. The molecular weight excluding hydrogens is 234 g/mol. The fourth-order valence-electron chi connectivity index (χ4n) is 1.21. The van der Waals surface area contributed by atoms with Crippen molar-refractivity contribution in [1.82, 2.24) is 5.32 Å². The Labute approximate surface area is 107 Å². The van der Waals surface area contributed by atoms with Crippen molar-refractivity contribution < 1.29 is 9.53 Å². The van der Waals surface area contributed by atoms with E-state index in [0.717, 1.165) is 17.2 Å². The van der Waals surface area contributed by atoms with Crippen LogP contribution in [0.15, 0.2) is 29.2 Å². The third-order valence-corrected chi connectivity index (χ3v) is 3.11. The molecule has 94 valence electrons. The molecule has 0 bridgehead atoms. The molecule has 4 heteroatoms. The van der Waals surface area contributed by atoms with E-state index in [1.807, 2.05) is 24.3 Å². The zero-order valence-electron chi connectivity index (χ0n) is 10.5. The van der Waals surface area contributed by atoms with Crippen LogP contribution >= 0.6 is 11.8 Å². The number of nitrogens with one attached hydrogen (secondary N) is 1. The van der Waals surface area contributed by atoms with Gasteiger partial charge in [-0.1, -0.05) is 19.9 Å². The van der Waals surface area contributed by atoms with E-state index in [1.165, 1.54) is 11.8 Å².